The van der Waals surface area contributed by atoms with Crippen LogP contribution in [0.15, 0.2) is 5.16 Å². The average molecular weight is 236 g/mol. The van der Waals surface area contributed by atoms with Crippen molar-refractivity contribution in [3.63, 3.8) is 0 Å². The van der Waals surface area contributed by atoms with E-state index in [9.17, 15) is 4.79 Å². The lowest BCUT2D eigenvalue weighted by molar-refractivity contribution is -0.121. The molecule has 2 atom stereocenters. The molecule has 84 valence electrons. The normalized spacial score (nSPS) is 26.7. The molecule has 0 saturated carbocycles. The molecule has 5 nitrogen and oxygen atoms in total. The molecule has 2 aliphatic heterocycles. The van der Waals surface area contributed by atoms with Crippen molar-refractivity contribution < 1.29 is 4.79 Å². The maximum absolute atomic E-state index is 11.0. The van der Waals surface area contributed by atoms with Crippen LogP contribution in [0, 0.1) is 0 Å². The summed E-state index contributed by atoms with van der Waals surface area (Å²) in [5.74, 6) is 0. The van der Waals surface area contributed by atoms with E-state index >= 15 is 0 Å². The van der Waals surface area contributed by atoms with Gasteiger partial charge in [0.2, 0.25) is 11.6 Å². The number of carbonyl (C=O) groups is 1. The molecule has 1 fully saturated rings. The predicted molar refractivity (Wildman–Crippen MR) is 59.0 cm³/mol. The summed E-state index contributed by atoms with van der Waals surface area (Å²) < 4.78 is 0. The third-order valence-corrected chi connectivity index (χ3v) is 3.91. The molecule has 16 heavy (non-hydrogen) atoms. The van der Waals surface area contributed by atoms with Crippen LogP contribution in [0.5, 0.6) is 0 Å². The van der Waals surface area contributed by atoms with Crippen molar-refractivity contribution in [1.29, 1.82) is 0 Å². The van der Waals surface area contributed by atoms with E-state index in [1.165, 1.54) is 11.8 Å². The highest BCUT2D eigenvalue weighted by Gasteiger charge is 2.41. The molecular weight excluding hydrogens is 224 g/mol. The number of hydrogen-bond acceptors (Lipinski definition) is 5. The van der Waals surface area contributed by atoms with Gasteiger partial charge in [0, 0.05) is 12.5 Å². The average Bonchev–Trinajstić information content (AvgIpc) is 2.63. The second-order valence-corrected chi connectivity index (χ2v) is 4.91. The van der Waals surface area contributed by atoms with Crippen LogP contribution in [-0.2, 0) is 11.2 Å². The molecule has 1 aromatic heterocycles. The van der Waals surface area contributed by atoms with E-state index in [0.717, 1.165) is 42.2 Å². The van der Waals surface area contributed by atoms with Crippen molar-refractivity contribution in [2.45, 2.75) is 36.5 Å². The summed E-state index contributed by atoms with van der Waals surface area (Å²) in [6.07, 6.45) is 5.75. The van der Waals surface area contributed by atoms with Gasteiger partial charge in [-0.15, -0.1) is 10.2 Å². The summed E-state index contributed by atoms with van der Waals surface area (Å²) in [5, 5.41) is 9.01. The first-order chi connectivity index (χ1) is 7.83. The quantitative estimate of drug-likeness (QED) is 0.562. The number of nitrogens with zero attached hydrogens (tertiary/aromatic N) is 4. The summed E-state index contributed by atoms with van der Waals surface area (Å²) in [6.45, 7) is 0. The number of aromatic nitrogens is 3. The highest BCUT2D eigenvalue weighted by atomic mass is 32.2. The zero-order chi connectivity index (χ0) is 11.1. The summed E-state index contributed by atoms with van der Waals surface area (Å²) in [7, 11) is 0. The molecule has 6 heteroatoms. The molecule has 1 saturated heterocycles. The summed E-state index contributed by atoms with van der Waals surface area (Å²) in [4.78, 5) is 17.4. The Morgan fingerprint density at radius 3 is 3.06 bits per heavy atom. The standard InChI is InChI=1S/C10H12N4OS/c1-16-10-11-7-4-6-2-3-8(14(6)5-15)9(7)12-13-10/h5-6,8H,2-4H2,1H3. The number of thioether (sulfide) groups is 1. The van der Waals surface area contributed by atoms with Gasteiger partial charge in [-0.2, -0.15) is 0 Å². The lowest BCUT2D eigenvalue weighted by Gasteiger charge is -2.31. The minimum atomic E-state index is 0.113. The Bertz CT molecular complexity index is 439. The molecule has 2 aliphatic rings. The molecule has 1 amide bonds. The topological polar surface area (TPSA) is 59.0 Å². The second kappa shape index (κ2) is 3.69. The smallest absolute Gasteiger partial charge is 0.210 e. The van der Waals surface area contributed by atoms with Gasteiger partial charge in [-0.1, -0.05) is 11.8 Å². The minimum Gasteiger partial charge on any atom is -0.333 e. The monoisotopic (exact) mass is 236 g/mol. The number of carbonyl (C=O) groups excluding carboxylic acids is 1. The molecule has 3 heterocycles. The van der Waals surface area contributed by atoms with Gasteiger partial charge in [0.05, 0.1) is 11.7 Å². The van der Waals surface area contributed by atoms with Crippen LogP contribution < -0.4 is 0 Å². The molecular formula is C10H12N4OS. The Morgan fingerprint density at radius 2 is 2.31 bits per heavy atom. The Hall–Kier alpha value is -1.17. The first-order valence-electron chi connectivity index (χ1n) is 5.33. The maximum atomic E-state index is 11.0. The van der Waals surface area contributed by atoms with Crippen molar-refractivity contribution in [1.82, 2.24) is 20.1 Å². The van der Waals surface area contributed by atoms with Crippen LogP contribution in [0.25, 0.3) is 0 Å². The van der Waals surface area contributed by atoms with Crippen molar-refractivity contribution in [2.75, 3.05) is 6.26 Å². The number of hydrogen-bond donors (Lipinski definition) is 0. The second-order valence-electron chi connectivity index (χ2n) is 4.13. The lowest BCUT2D eigenvalue weighted by Crippen LogP contribution is -2.37. The van der Waals surface area contributed by atoms with E-state index in [1.807, 2.05) is 11.2 Å². The van der Waals surface area contributed by atoms with Gasteiger partial charge < -0.3 is 4.90 Å². The molecule has 0 spiro atoms. The van der Waals surface area contributed by atoms with Gasteiger partial charge >= 0.3 is 0 Å². The SMILES string of the molecule is CSc1nnc2c(n1)CC1CCC2N1C=O. The molecule has 0 N–H and O–H groups in total. The van der Waals surface area contributed by atoms with Crippen LogP contribution in [0.1, 0.15) is 30.3 Å². The van der Waals surface area contributed by atoms with Crippen molar-refractivity contribution in [3.8, 4) is 0 Å². The highest BCUT2D eigenvalue weighted by molar-refractivity contribution is 7.98. The fourth-order valence-electron chi connectivity index (χ4n) is 2.62. The summed E-state index contributed by atoms with van der Waals surface area (Å²) >= 11 is 1.50. The van der Waals surface area contributed by atoms with Crippen LogP contribution >= 0.6 is 11.8 Å². The Balaban J connectivity index is 2.05. The minimum absolute atomic E-state index is 0.113. The van der Waals surface area contributed by atoms with Gasteiger partial charge in [0.25, 0.3) is 0 Å². The zero-order valence-corrected chi connectivity index (χ0v) is 9.78. The Labute approximate surface area is 97.6 Å². The first-order valence-corrected chi connectivity index (χ1v) is 6.56. The van der Waals surface area contributed by atoms with E-state index < -0.39 is 0 Å². The fraction of sp³-hybridized carbons (Fsp3) is 0.600. The highest BCUT2D eigenvalue weighted by Crippen LogP contribution is 2.40. The van der Waals surface area contributed by atoms with Crippen molar-refractivity contribution in [2.24, 2.45) is 0 Å². The van der Waals surface area contributed by atoms with E-state index in [2.05, 4.69) is 15.2 Å². The van der Waals surface area contributed by atoms with Crippen LogP contribution in [0.4, 0.5) is 0 Å². The van der Waals surface area contributed by atoms with E-state index in [1.54, 1.807) is 0 Å². The van der Waals surface area contributed by atoms with Gasteiger partial charge in [-0.05, 0) is 19.1 Å². The summed E-state index contributed by atoms with van der Waals surface area (Å²) in [5.41, 5.74) is 1.93. The maximum Gasteiger partial charge on any atom is 0.210 e. The van der Waals surface area contributed by atoms with E-state index in [-0.39, 0.29) is 6.04 Å². The molecule has 0 aliphatic carbocycles. The molecule has 2 unspecified atom stereocenters. The third-order valence-electron chi connectivity index (χ3n) is 3.37. The first kappa shape index (κ1) is 10.0. The predicted octanol–water partition coefficient (Wildman–Crippen LogP) is 0.811. The molecule has 2 bridgehead atoms. The van der Waals surface area contributed by atoms with E-state index in [0.29, 0.717) is 6.04 Å². The number of rotatable bonds is 2. The molecule has 1 aromatic rings. The lowest BCUT2D eigenvalue weighted by atomic mass is 10.0. The zero-order valence-electron chi connectivity index (χ0n) is 8.96. The molecule has 0 radical (unpaired) electrons. The van der Waals surface area contributed by atoms with Crippen molar-refractivity contribution in [3.05, 3.63) is 11.4 Å². The van der Waals surface area contributed by atoms with Crippen LogP contribution in [0.2, 0.25) is 0 Å². The number of fused-ring (bicyclic) bond motifs is 4. The largest absolute Gasteiger partial charge is 0.333 e. The van der Waals surface area contributed by atoms with Gasteiger partial charge in [-0.3, -0.25) is 4.79 Å². The van der Waals surface area contributed by atoms with Gasteiger partial charge in [0.15, 0.2) is 0 Å². The number of amides is 1. The molecule has 3 rings (SSSR count). The van der Waals surface area contributed by atoms with Crippen molar-refractivity contribution >= 4 is 18.2 Å². The Morgan fingerprint density at radius 1 is 1.44 bits per heavy atom. The third kappa shape index (κ3) is 1.32. The molecule has 0 aromatic carbocycles. The summed E-state index contributed by atoms with van der Waals surface area (Å²) in [6, 6.07) is 0.434. The van der Waals surface area contributed by atoms with Gasteiger partial charge in [0.1, 0.15) is 5.69 Å². The van der Waals surface area contributed by atoms with Gasteiger partial charge in [-0.25, -0.2) is 4.98 Å². The van der Waals surface area contributed by atoms with Crippen LogP contribution in [-0.4, -0.2) is 38.8 Å². The Kier molecular flexibility index (Phi) is 2.31. The van der Waals surface area contributed by atoms with Crippen LogP contribution in [0.3, 0.4) is 0 Å². The fourth-order valence-corrected chi connectivity index (χ4v) is 2.94. The van der Waals surface area contributed by atoms with E-state index in [4.69, 9.17) is 0 Å².